The molecule has 1 saturated heterocycles. The van der Waals surface area contributed by atoms with Gasteiger partial charge in [-0.15, -0.1) is 0 Å². The van der Waals surface area contributed by atoms with Gasteiger partial charge in [0.25, 0.3) is 0 Å². The summed E-state index contributed by atoms with van der Waals surface area (Å²) in [6.45, 7) is 3.27. The molecule has 1 aliphatic heterocycles. The Morgan fingerprint density at radius 3 is 2.25 bits per heavy atom. The molecule has 2 atom stereocenters. The number of carbonyl (C=O) groups is 3. The van der Waals surface area contributed by atoms with E-state index in [1.807, 2.05) is 37.3 Å². The van der Waals surface area contributed by atoms with Gasteiger partial charge in [0.1, 0.15) is 0 Å². The second kappa shape index (κ2) is 9.71. The molecule has 0 aromatic heterocycles. The van der Waals surface area contributed by atoms with Crippen LogP contribution in [0.5, 0.6) is 0 Å². The molecule has 3 amide bonds. The first-order valence-corrected chi connectivity index (χ1v) is 10.5. The Morgan fingerprint density at radius 1 is 1.00 bits per heavy atom. The Balaban J connectivity index is 1.40. The van der Waals surface area contributed by atoms with Crippen LogP contribution in [0, 0.1) is 11.8 Å². The maximum absolute atomic E-state index is 12.4. The summed E-state index contributed by atoms with van der Waals surface area (Å²) in [6, 6.07) is 9.82. The summed E-state index contributed by atoms with van der Waals surface area (Å²) in [7, 11) is 0. The minimum Gasteiger partial charge on any atom is -0.354 e. The van der Waals surface area contributed by atoms with Crippen LogP contribution in [-0.2, 0) is 14.4 Å². The van der Waals surface area contributed by atoms with Gasteiger partial charge in [-0.25, -0.2) is 0 Å². The predicted molar refractivity (Wildman–Crippen MR) is 107 cm³/mol. The maximum atomic E-state index is 12.4. The molecule has 0 radical (unpaired) electrons. The molecular formula is C22H31N3O3. The van der Waals surface area contributed by atoms with Gasteiger partial charge in [0.2, 0.25) is 17.7 Å². The van der Waals surface area contributed by atoms with E-state index in [0.717, 1.165) is 31.2 Å². The van der Waals surface area contributed by atoms with Crippen LogP contribution in [0.4, 0.5) is 0 Å². The molecule has 1 aromatic rings. The van der Waals surface area contributed by atoms with Crippen LogP contribution in [-0.4, -0.2) is 42.3 Å². The highest BCUT2D eigenvalue weighted by Gasteiger charge is 2.36. The zero-order valence-corrected chi connectivity index (χ0v) is 16.7. The van der Waals surface area contributed by atoms with Crippen molar-refractivity contribution in [2.75, 3.05) is 19.6 Å². The summed E-state index contributed by atoms with van der Waals surface area (Å²) < 4.78 is 0. The third-order valence-electron chi connectivity index (χ3n) is 5.98. The summed E-state index contributed by atoms with van der Waals surface area (Å²) in [5.41, 5.74) is 1.07. The lowest BCUT2D eigenvalue weighted by Gasteiger charge is -2.25. The topological polar surface area (TPSA) is 78.5 Å². The average Bonchev–Trinajstić information content (AvgIpc) is 3.13. The zero-order chi connectivity index (χ0) is 19.9. The molecule has 1 aliphatic carbocycles. The second-order valence-electron chi connectivity index (χ2n) is 7.95. The summed E-state index contributed by atoms with van der Waals surface area (Å²) in [5, 5.41) is 5.79. The molecule has 0 bridgehead atoms. The van der Waals surface area contributed by atoms with E-state index in [0.29, 0.717) is 19.6 Å². The Bertz CT molecular complexity index is 686. The highest BCUT2D eigenvalue weighted by atomic mass is 16.2. The number of carbonyl (C=O) groups excluding carboxylic acids is 3. The fourth-order valence-electron chi connectivity index (χ4n) is 4.22. The van der Waals surface area contributed by atoms with E-state index in [2.05, 4.69) is 10.6 Å². The van der Waals surface area contributed by atoms with E-state index in [9.17, 15) is 14.4 Å². The Labute approximate surface area is 167 Å². The lowest BCUT2D eigenvalue weighted by molar-refractivity contribution is -0.130. The van der Waals surface area contributed by atoms with Crippen molar-refractivity contribution in [3.8, 4) is 0 Å². The summed E-state index contributed by atoms with van der Waals surface area (Å²) >= 11 is 0. The summed E-state index contributed by atoms with van der Waals surface area (Å²) in [5.74, 6) is -0.185. The first-order chi connectivity index (χ1) is 13.6. The number of rotatable bonds is 7. The van der Waals surface area contributed by atoms with Crippen molar-refractivity contribution >= 4 is 17.7 Å². The van der Waals surface area contributed by atoms with Crippen LogP contribution in [0.3, 0.4) is 0 Å². The molecule has 1 saturated carbocycles. The smallest absolute Gasteiger partial charge is 0.225 e. The molecular weight excluding hydrogens is 354 g/mol. The third-order valence-corrected chi connectivity index (χ3v) is 5.98. The van der Waals surface area contributed by atoms with E-state index in [1.165, 1.54) is 6.42 Å². The number of likely N-dealkylation sites (tertiary alicyclic amines) is 1. The number of nitrogens with zero attached hydrogens (tertiary/aromatic N) is 1. The quantitative estimate of drug-likeness (QED) is 0.708. The van der Waals surface area contributed by atoms with E-state index in [-0.39, 0.29) is 42.0 Å². The highest BCUT2D eigenvalue weighted by Crippen LogP contribution is 2.28. The molecule has 3 rings (SSSR count). The van der Waals surface area contributed by atoms with Crippen molar-refractivity contribution < 1.29 is 14.4 Å². The minimum absolute atomic E-state index is 0.0158. The summed E-state index contributed by atoms with van der Waals surface area (Å²) in [6.07, 6.45) is 5.66. The number of benzene rings is 1. The van der Waals surface area contributed by atoms with Crippen molar-refractivity contribution in [2.24, 2.45) is 11.8 Å². The average molecular weight is 386 g/mol. The van der Waals surface area contributed by atoms with Gasteiger partial charge in [-0.05, 0) is 25.3 Å². The lowest BCUT2D eigenvalue weighted by atomic mass is 9.89. The van der Waals surface area contributed by atoms with Crippen molar-refractivity contribution in [3.63, 3.8) is 0 Å². The van der Waals surface area contributed by atoms with Crippen molar-refractivity contribution in [1.29, 1.82) is 0 Å². The van der Waals surface area contributed by atoms with Crippen molar-refractivity contribution in [3.05, 3.63) is 35.9 Å². The predicted octanol–water partition coefficient (Wildman–Crippen LogP) is 2.41. The molecule has 1 aromatic carbocycles. The van der Waals surface area contributed by atoms with E-state index in [1.54, 1.807) is 4.90 Å². The highest BCUT2D eigenvalue weighted by molar-refractivity contribution is 5.89. The Kier molecular flexibility index (Phi) is 7.06. The van der Waals surface area contributed by atoms with Gasteiger partial charge in [-0.2, -0.15) is 0 Å². The molecule has 2 N–H and O–H groups in total. The molecule has 1 heterocycles. The van der Waals surface area contributed by atoms with Gasteiger partial charge in [0.05, 0.1) is 12.0 Å². The number of hydrogen-bond donors (Lipinski definition) is 2. The zero-order valence-electron chi connectivity index (χ0n) is 16.7. The largest absolute Gasteiger partial charge is 0.354 e. The van der Waals surface area contributed by atoms with E-state index in [4.69, 9.17) is 0 Å². The van der Waals surface area contributed by atoms with E-state index >= 15 is 0 Å². The third kappa shape index (κ3) is 5.12. The van der Waals surface area contributed by atoms with Crippen LogP contribution in [0.25, 0.3) is 0 Å². The number of hydrogen-bond acceptors (Lipinski definition) is 3. The van der Waals surface area contributed by atoms with Crippen LogP contribution in [0.2, 0.25) is 0 Å². The van der Waals surface area contributed by atoms with Crippen LogP contribution in [0.1, 0.15) is 57.1 Å². The molecule has 152 valence electrons. The fraction of sp³-hybridized carbons (Fsp3) is 0.591. The minimum atomic E-state index is -0.326. The lowest BCUT2D eigenvalue weighted by Crippen LogP contribution is -2.40. The van der Waals surface area contributed by atoms with Gasteiger partial charge in [-0.1, -0.05) is 49.6 Å². The first-order valence-electron chi connectivity index (χ1n) is 10.5. The fourth-order valence-corrected chi connectivity index (χ4v) is 4.22. The van der Waals surface area contributed by atoms with Crippen molar-refractivity contribution in [2.45, 2.75) is 51.5 Å². The molecule has 0 spiro atoms. The standard InChI is InChI=1S/C22H31N3O3/c1-16(17-8-4-2-5-9-17)25-15-19(14-20(25)26)22(28)24-13-12-23-21(27)18-10-6-3-7-11-18/h2,4-5,8-9,16,18-19H,3,6-7,10-15H2,1H3,(H,23,27)(H,24,28). The number of amides is 3. The van der Waals surface area contributed by atoms with Gasteiger partial charge in [0, 0.05) is 32.0 Å². The summed E-state index contributed by atoms with van der Waals surface area (Å²) in [4.78, 5) is 38.7. The van der Waals surface area contributed by atoms with Gasteiger partial charge in [0.15, 0.2) is 0 Å². The van der Waals surface area contributed by atoms with Gasteiger partial charge in [-0.3, -0.25) is 14.4 Å². The normalized spacial score (nSPS) is 21.4. The van der Waals surface area contributed by atoms with Gasteiger partial charge >= 0.3 is 0 Å². The maximum Gasteiger partial charge on any atom is 0.225 e. The molecule has 28 heavy (non-hydrogen) atoms. The van der Waals surface area contributed by atoms with Crippen LogP contribution in [0.15, 0.2) is 30.3 Å². The van der Waals surface area contributed by atoms with Crippen molar-refractivity contribution in [1.82, 2.24) is 15.5 Å². The second-order valence-corrected chi connectivity index (χ2v) is 7.95. The number of nitrogens with one attached hydrogen (secondary N) is 2. The van der Waals surface area contributed by atoms with E-state index < -0.39 is 0 Å². The molecule has 2 aliphatic rings. The van der Waals surface area contributed by atoms with Crippen LogP contribution >= 0.6 is 0 Å². The first kappa shape index (κ1) is 20.4. The van der Waals surface area contributed by atoms with Gasteiger partial charge < -0.3 is 15.5 Å². The Morgan fingerprint density at radius 2 is 1.61 bits per heavy atom. The monoisotopic (exact) mass is 385 g/mol. The molecule has 2 unspecified atom stereocenters. The van der Waals surface area contributed by atoms with Crippen LogP contribution < -0.4 is 10.6 Å². The molecule has 6 nitrogen and oxygen atoms in total. The Hall–Kier alpha value is -2.37. The molecule has 2 fully saturated rings. The molecule has 6 heteroatoms. The SMILES string of the molecule is CC(c1ccccc1)N1CC(C(=O)NCCNC(=O)C2CCCCC2)CC1=O.